The maximum Gasteiger partial charge on any atom is 0.460 e. The molecule has 0 unspecified atom stereocenters. The standard InChI is InChI=1S/C36H24I6N3O6P3/c37-25-1-13-31(14-2-25)46-52(47-32-15-3-26(38)4-16-32)43-53(48-33-17-5-27(39)6-18-33,49-34-19-7-28(40)8-20-34)45-54(44-52,50-35-21-9-29(41)10-22-35)51-36-23-11-30(42)12-24-36/h1-24H. The van der Waals surface area contributed by atoms with Gasteiger partial charge >= 0.3 is 23.0 Å². The Bertz CT molecular complexity index is 1980. The second-order valence-corrected chi connectivity index (χ2v) is 24.7. The predicted molar refractivity (Wildman–Crippen MR) is 267 cm³/mol. The van der Waals surface area contributed by atoms with Gasteiger partial charge in [-0.15, -0.1) is 0 Å². The molecule has 0 N–H and O–H groups in total. The number of hydrogen-bond acceptors (Lipinski definition) is 9. The Morgan fingerprint density at radius 1 is 0.241 bits per heavy atom. The summed E-state index contributed by atoms with van der Waals surface area (Å²) in [5.74, 6) is 2.79. The third-order valence-electron chi connectivity index (χ3n) is 6.91. The van der Waals surface area contributed by atoms with Crippen molar-refractivity contribution in [3.05, 3.63) is 167 Å². The topological polar surface area (TPSA) is 92.5 Å². The number of hydrogen-bond donors (Lipinski definition) is 0. The molecule has 6 aromatic rings. The number of nitrogens with zero attached hydrogens (tertiary/aromatic N) is 3. The summed E-state index contributed by atoms with van der Waals surface area (Å²) in [5, 5.41) is 0. The normalized spacial score (nSPS) is 15.0. The Balaban J connectivity index is 1.56. The van der Waals surface area contributed by atoms with Gasteiger partial charge in [-0.2, -0.15) is 0 Å². The van der Waals surface area contributed by atoms with Crippen LogP contribution in [0.4, 0.5) is 0 Å². The molecular formula is C36H24I6N3O6P3. The molecule has 0 aromatic heterocycles. The van der Waals surface area contributed by atoms with Gasteiger partial charge in [-0.1, -0.05) is 13.5 Å². The van der Waals surface area contributed by atoms with E-state index < -0.39 is 23.0 Å². The summed E-state index contributed by atoms with van der Waals surface area (Å²) >= 11 is 13.5. The number of rotatable bonds is 12. The molecule has 0 fully saturated rings. The second kappa shape index (κ2) is 18.4. The molecule has 0 atom stereocenters. The minimum absolute atomic E-state index is 0.465. The smallest absolute Gasteiger partial charge is 0.413 e. The van der Waals surface area contributed by atoms with Gasteiger partial charge in [0.25, 0.3) is 0 Å². The molecule has 0 radical (unpaired) electrons. The summed E-state index contributed by atoms with van der Waals surface area (Å²) in [4.78, 5) is 0. The van der Waals surface area contributed by atoms with Crippen LogP contribution in [0, 0.1) is 21.4 Å². The zero-order chi connectivity index (χ0) is 37.8. The Morgan fingerprint density at radius 3 is 0.500 bits per heavy atom. The highest BCUT2D eigenvalue weighted by Crippen LogP contribution is 2.78. The molecule has 1 aliphatic heterocycles. The van der Waals surface area contributed by atoms with Crippen LogP contribution in [-0.2, 0) is 0 Å². The first kappa shape index (κ1) is 41.4. The second-order valence-electron chi connectivity index (χ2n) is 11.0. The summed E-state index contributed by atoms with van der Waals surface area (Å²) in [5.41, 5.74) is 0. The summed E-state index contributed by atoms with van der Waals surface area (Å²) < 4.78 is 63.3. The molecule has 1 heterocycles. The fourth-order valence-electron chi connectivity index (χ4n) is 4.55. The SMILES string of the molecule is Ic1ccc(OP2(Oc3ccc(I)cc3)=NP(Oc3ccc(I)cc3)(Oc3ccc(I)cc3)=NP(Oc3ccc(I)cc3)(Oc3ccc(I)cc3)=N2)cc1. The molecule has 0 saturated carbocycles. The van der Waals surface area contributed by atoms with E-state index in [4.69, 9.17) is 40.7 Å². The van der Waals surface area contributed by atoms with Gasteiger partial charge in [0, 0.05) is 21.4 Å². The quantitative estimate of drug-likeness (QED) is 0.0895. The number of benzene rings is 6. The molecule has 7 rings (SSSR count). The predicted octanol–water partition coefficient (Wildman–Crippen LogP) is 15.9. The highest BCUT2D eigenvalue weighted by molar-refractivity contribution is 14.1. The van der Waals surface area contributed by atoms with Gasteiger partial charge in [0.05, 0.1) is 0 Å². The van der Waals surface area contributed by atoms with Gasteiger partial charge in [0.15, 0.2) is 0 Å². The van der Waals surface area contributed by atoms with Gasteiger partial charge < -0.3 is 27.1 Å². The average molecular weight is 1450 g/mol. The van der Waals surface area contributed by atoms with Crippen LogP contribution in [-0.4, -0.2) is 0 Å². The molecule has 0 spiro atoms. The van der Waals surface area contributed by atoms with Gasteiger partial charge in [-0.3, -0.25) is 0 Å². The van der Waals surface area contributed by atoms with E-state index in [1.54, 1.807) is 0 Å². The van der Waals surface area contributed by atoms with Crippen molar-refractivity contribution in [1.29, 1.82) is 0 Å². The molecule has 1 aliphatic rings. The Kier molecular flexibility index (Phi) is 14.1. The maximum absolute atomic E-state index is 6.89. The van der Waals surface area contributed by atoms with Crippen LogP contribution in [0.1, 0.15) is 0 Å². The van der Waals surface area contributed by atoms with Crippen LogP contribution in [0.15, 0.2) is 159 Å². The van der Waals surface area contributed by atoms with E-state index in [0.29, 0.717) is 34.5 Å². The highest BCUT2D eigenvalue weighted by Gasteiger charge is 2.49. The molecule has 6 aromatic carbocycles. The average Bonchev–Trinajstić information content (AvgIpc) is 3.14. The molecule has 0 aliphatic carbocycles. The van der Waals surface area contributed by atoms with Crippen LogP contribution in [0.2, 0.25) is 0 Å². The van der Waals surface area contributed by atoms with E-state index in [2.05, 4.69) is 136 Å². The maximum atomic E-state index is 6.89. The van der Waals surface area contributed by atoms with Crippen molar-refractivity contribution in [2.24, 2.45) is 13.5 Å². The fraction of sp³-hybridized carbons (Fsp3) is 0. The van der Waals surface area contributed by atoms with E-state index in [0.717, 1.165) is 21.4 Å². The third kappa shape index (κ3) is 11.2. The Morgan fingerprint density at radius 2 is 0.370 bits per heavy atom. The Hall–Kier alpha value is -0.810. The molecule has 0 bridgehead atoms. The molecule has 276 valence electrons. The minimum Gasteiger partial charge on any atom is -0.413 e. The van der Waals surface area contributed by atoms with Crippen molar-refractivity contribution in [3.8, 4) is 34.5 Å². The zero-order valence-corrected chi connectivity index (χ0v) is 42.9. The molecule has 18 heteroatoms. The summed E-state index contributed by atoms with van der Waals surface area (Å²) in [6, 6.07) is 45.4. The first-order valence-electron chi connectivity index (χ1n) is 15.6. The van der Waals surface area contributed by atoms with Gasteiger partial charge in [0.1, 0.15) is 34.5 Å². The van der Waals surface area contributed by atoms with Crippen LogP contribution in [0.5, 0.6) is 34.5 Å². The fourth-order valence-corrected chi connectivity index (χ4v) is 15.8. The lowest BCUT2D eigenvalue weighted by atomic mass is 10.3. The minimum atomic E-state index is -3.95. The lowest BCUT2D eigenvalue weighted by molar-refractivity contribution is 0.443. The largest absolute Gasteiger partial charge is 0.460 e. The van der Waals surface area contributed by atoms with Crippen molar-refractivity contribution in [1.82, 2.24) is 0 Å². The van der Waals surface area contributed by atoms with Gasteiger partial charge in [-0.05, 0) is 281 Å². The molecule has 54 heavy (non-hydrogen) atoms. The summed E-state index contributed by atoms with van der Waals surface area (Å²) in [7, 11) is -11.8. The monoisotopic (exact) mass is 1450 g/mol. The van der Waals surface area contributed by atoms with Crippen LogP contribution < -0.4 is 27.1 Å². The lowest BCUT2D eigenvalue weighted by Crippen LogP contribution is -2.11. The van der Waals surface area contributed by atoms with Crippen molar-refractivity contribution >= 4 is 159 Å². The first-order chi connectivity index (χ1) is 26.0. The third-order valence-corrected chi connectivity index (χ3v) is 19.3. The molecular weight excluding hydrogens is 1420 g/mol. The molecule has 9 nitrogen and oxygen atoms in total. The number of halogens is 6. The van der Waals surface area contributed by atoms with Gasteiger partial charge in [0.2, 0.25) is 0 Å². The molecule has 0 saturated heterocycles. The highest BCUT2D eigenvalue weighted by atomic mass is 127. The van der Waals surface area contributed by atoms with E-state index >= 15 is 0 Å². The van der Waals surface area contributed by atoms with E-state index in [-0.39, 0.29) is 0 Å². The van der Waals surface area contributed by atoms with Crippen LogP contribution >= 0.6 is 159 Å². The lowest BCUT2D eigenvalue weighted by Gasteiger charge is -2.33. The van der Waals surface area contributed by atoms with E-state index in [1.807, 2.05) is 146 Å². The van der Waals surface area contributed by atoms with Crippen LogP contribution in [0.3, 0.4) is 0 Å². The van der Waals surface area contributed by atoms with E-state index in [1.165, 1.54) is 0 Å². The van der Waals surface area contributed by atoms with Crippen LogP contribution in [0.25, 0.3) is 0 Å². The molecule has 0 amide bonds. The van der Waals surface area contributed by atoms with Crippen molar-refractivity contribution in [2.75, 3.05) is 0 Å². The van der Waals surface area contributed by atoms with E-state index in [9.17, 15) is 0 Å². The van der Waals surface area contributed by atoms with Crippen molar-refractivity contribution in [2.45, 2.75) is 0 Å². The first-order valence-corrected chi connectivity index (χ1v) is 26.6. The van der Waals surface area contributed by atoms with Gasteiger partial charge in [-0.25, -0.2) is 0 Å². The van der Waals surface area contributed by atoms with Crippen molar-refractivity contribution < 1.29 is 27.1 Å². The zero-order valence-electron chi connectivity index (χ0n) is 27.3. The van der Waals surface area contributed by atoms with Crippen molar-refractivity contribution in [3.63, 3.8) is 0 Å². The summed E-state index contributed by atoms with van der Waals surface area (Å²) in [6.07, 6.45) is 0. The Labute approximate surface area is 395 Å². The summed E-state index contributed by atoms with van der Waals surface area (Å²) in [6.45, 7) is 0.